The minimum Gasteiger partial charge on any atom is -0.444 e. The molecule has 4 rings (SSSR count). The maximum Gasteiger partial charge on any atom is 0.407 e. The summed E-state index contributed by atoms with van der Waals surface area (Å²) in [6, 6.07) is 6.44. The second kappa shape index (κ2) is 10.8. The molecule has 3 N–H and O–H groups in total. The van der Waals surface area contributed by atoms with Gasteiger partial charge >= 0.3 is 6.09 Å². The predicted molar refractivity (Wildman–Crippen MR) is 142 cm³/mol. The first-order chi connectivity index (χ1) is 16.6. The van der Waals surface area contributed by atoms with Gasteiger partial charge in [-0.25, -0.2) is 14.8 Å². The van der Waals surface area contributed by atoms with Gasteiger partial charge in [-0.15, -0.1) is 0 Å². The van der Waals surface area contributed by atoms with E-state index in [0.717, 1.165) is 60.4 Å². The number of anilines is 2. The van der Waals surface area contributed by atoms with Crippen molar-refractivity contribution in [2.75, 3.05) is 42.9 Å². The topological polar surface area (TPSA) is 91.4 Å². The minimum atomic E-state index is -0.490. The van der Waals surface area contributed by atoms with Gasteiger partial charge in [0.1, 0.15) is 16.4 Å². The highest BCUT2D eigenvalue weighted by Crippen LogP contribution is 2.37. The van der Waals surface area contributed by atoms with Gasteiger partial charge in [0.15, 0.2) is 0 Å². The van der Waals surface area contributed by atoms with Gasteiger partial charge in [0.05, 0.1) is 29.1 Å². The molecule has 2 aliphatic heterocycles. The maximum absolute atomic E-state index is 12.0. The lowest BCUT2D eigenvalue weighted by Crippen LogP contribution is -2.51. The van der Waals surface area contributed by atoms with Gasteiger partial charge in [0.25, 0.3) is 0 Å². The molecule has 0 saturated carbocycles. The van der Waals surface area contributed by atoms with Crippen molar-refractivity contribution in [3.8, 4) is 0 Å². The van der Waals surface area contributed by atoms with Crippen molar-refractivity contribution in [1.82, 2.24) is 20.6 Å². The second-order valence-corrected chi connectivity index (χ2v) is 12.0. The Labute approximate surface area is 217 Å². The van der Waals surface area contributed by atoms with E-state index in [-0.39, 0.29) is 11.5 Å². The molecular weight excluding hydrogens is 484 g/mol. The molecule has 190 valence electrons. The zero-order valence-corrected chi connectivity index (χ0v) is 22.4. The second-order valence-electron chi connectivity index (χ2n) is 10.6. The van der Waals surface area contributed by atoms with Crippen LogP contribution in [0, 0.1) is 5.41 Å². The van der Waals surface area contributed by atoms with Gasteiger partial charge in [-0.3, -0.25) is 0 Å². The molecule has 2 aromatic rings. The van der Waals surface area contributed by atoms with Crippen LogP contribution in [0.25, 0.3) is 0 Å². The van der Waals surface area contributed by atoms with Crippen LogP contribution in [0.5, 0.6) is 0 Å². The third kappa shape index (κ3) is 7.15. The average molecular weight is 519 g/mol. The van der Waals surface area contributed by atoms with Crippen molar-refractivity contribution >= 4 is 41.0 Å². The molecular formula is C25H35ClN6O2S. The Balaban J connectivity index is 1.29. The van der Waals surface area contributed by atoms with Crippen LogP contribution in [0.2, 0.25) is 5.02 Å². The molecule has 1 amide bonds. The van der Waals surface area contributed by atoms with E-state index in [1.54, 1.807) is 0 Å². The van der Waals surface area contributed by atoms with E-state index < -0.39 is 5.60 Å². The predicted octanol–water partition coefficient (Wildman–Crippen LogP) is 4.80. The number of ether oxygens (including phenoxy) is 1. The first kappa shape index (κ1) is 25.9. The Bertz CT molecular complexity index is 1020. The highest BCUT2D eigenvalue weighted by atomic mass is 35.5. The summed E-state index contributed by atoms with van der Waals surface area (Å²) in [7, 11) is 0. The number of carbonyl (C=O) groups is 1. The number of amides is 1. The number of nitrogens with one attached hydrogen (secondary N) is 3. The Kier molecular flexibility index (Phi) is 7.98. The molecule has 1 aromatic carbocycles. The molecule has 3 heterocycles. The Morgan fingerprint density at radius 3 is 2.60 bits per heavy atom. The molecule has 0 spiro atoms. The SMILES string of the molecule is CC1(CNC(=O)OC(C)(C)C)CCN(c2cnc(Sc3cccc(NC4CNC4)c3Cl)cn2)CC1. The number of piperidine rings is 1. The first-order valence-corrected chi connectivity index (χ1v) is 13.3. The van der Waals surface area contributed by atoms with Crippen LogP contribution in [0.15, 0.2) is 40.5 Å². The number of halogens is 1. The fraction of sp³-hybridized carbons (Fsp3) is 0.560. The number of nitrogens with zero attached hydrogens (tertiary/aromatic N) is 3. The van der Waals surface area contributed by atoms with E-state index >= 15 is 0 Å². The minimum absolute atomic E-state index is 0.0297. The van der Waals surface area contributed by atoms with E-state index in [1.165, 1.54) is 11.8 Å². The zero-order valence-electron chi connectivity index (χ0n) is 20.9. The summed E-state index contributed by atoms with van der Waals surface area (Å²) in [5, 5.41) is 11.2. The van der Waals surface area contributed by atoms with Crippen molar-refractivity contribution in [3.05, 3.63) is 35.6 Å². The van der Waals surface area contributed by atoms with E-state index in [4.69, 9.17) is 16.3 Å². The number of benzene rings is 1. The van der Waals surface area contributed by atoms with Crippen LogP contribution in [0.1, 0.15) is 40.5 Å². The van der Waals surface area contributed by atoms with Crippen LogP contribution in [0.3, 0.4) is 0 Å². The summed E-state index contributed by atoms with van der Waals surface area (Å²) in [5.74, 6) is 0.871. The van der Waals surface area contributed by atoms with Crippen LogP contribution >= 0.6 is 23.4 Å². The first-order valence-electron chi connectivity index (χ1n) is 12.1. The Hall–Kier alpha value is -2.23. The lowest BCUT2D eigenvalue weighted by Gasteiger charge is -2.40. The maximum atomic E-state index is 12.0. The highest BCUT2D eigenvalue weighted by molar-refractivity contribution is 7.99. The van der Waals surface area contributed by atoms with E-state index in [9.17, 15) is 4.79 Å². The van der Waals surface area contributed by atoms with Crippen LogP contribution in [0.4, 0.5) is 16.3 Å². The van der Waals surface area contributed by atoms with Crippen LogP contribution < -0.4 is 20.9 Å². The van der Waals surface area contributed by atoms with Gasteiger partial charge < -0.3 is 25.6 Å². The van der Waals surface area contributed by atoms with Gasteiger partial charge in [0, 0.05) is 37.6 Å². The molecule has 10 heteroatoms. The summed E-state index contributed by atoms with van der Waals surface area (Å²) in [4.78, 5) is 24.5. The molecule has 8 nitrogen and oxygen atoms in total. The summed E-state index contributed by atoms with van der Waals surface area (Å²) in [5.41, 5.74) is 0.489. The fourth-order valence-electron chi connectivity index (χ4n) is 4.00. The van der Waals surface area contributed by atoms with E-state index in [2.05, 4.69) is 37.7 Å². The normalized spacial score (nSPS) is 18.0. The van der Waals surface area contributed by atoms with Gasteiger partial charge in [0.2, 0.25) is 0 Å². The summed E-state index contributed by atoms with van der Waals surface area (Å²) >= 11 is 8.16. The molecule has 0 aliphatic carbocycles. The van der Waals surface area contributed by atoms with Crippen molar-refractivity contribution in [3.63, 3.8) is 0 Å². The van der Waals surface area contributed by atoms with Crippen LogP contribution in [-0.4, -0.2) is 60.4 Å². The van der Waals surface area contributed by atoms with Crippen molar-refractivity contribution in [1.29, 1.82) is 0 Å². The van der Waals surface area contributed by atoms with E-state index in [0.29, 0.717) is 17.6 Å². The quantitative estimate of drug-likeness (QED) is 0.481. The molecule has 0 atom stereocenters. The molecule has 2 saturated heterocycles. The Morgan fingerprint density at radius 1 is 1.26 bits per heavy atom. The number of alkyl carbamates (subject to hydrolysis) is 1. The van der Waals surface area contributed by atoms with Crippen molar-refractivity contribution in [2.24, 2.45) is 5.41 Å². The molecule has 2 fully saturated rings. The molecule has 0 radical (unpaired) electrons. The lowest BCUT2D eigenvalue weighted by atomic mass is 9.80. The molecule has 0 unspecified atom stereocenters. The van der Waals surface area contributed by atoms with Crippen LogP contribution in [-0.2, 0) is 4.74 Å². The number of hydrogen-bond acceptors (Lipinski definition) is 8. The monoisotopic (exact) mass is 518 g/mol. The van der Waals surface area contributed by atoms with E-state index in [1.807, 2.05) is 51.4 Å². The summed E-state index contributed by atoms with van der Waals surface area (Å²) in [6.45, 7) is 12.1. The number of aromatic nitrogens is 2. The van der Waals surface area contributed by atoms with Gasteiger partial charge in [-0.1, -0.05) is 36.4 Å². The fourth-order valence-corrected chi connectivity index (χ4v) is 5.08. The third-order valence-corrected chi connectivity index (χ3v) is 7.79. The summed E-state index contributed by atoms with van der Waals surface area (Å²) < 4.78 is 5.36. The van der Waals surface area contributed by atoms with Gasteiger partial charge in [-0.05, 0) is 51.2 Å². The van der Waals surface area contributed by atoms with Crippen molar-refractivity contribution < 1.29 is 9.53 Å². The highest BCUT2D eigenvalue weighted by Gasteiger charge is 2.31. The number of hydrogen-bond donors (Lipinski definition) is 3. The third-order valence-electron chi connectivity index (χ3n) is 6.29. The molecule has 35 heavy (non-hydrogen) atoms. The largest absolute Gasteiger partial charge is 0.444 e. The zero-order chi connectivity index (χ0) is 25.1. The van der Waals surface area contributed by atoms with Crippen molar-refractivity contribution in [2.45, 2.75) is 62.1 Å². The molecule has 1 aromatic heterocycles. The number of rotatable bonds is 7. The van der Waals surface area contributed by atoms with Gasteiger partial charge in [-0.2, -0.15) is 0 Å². The lowest BCUT2D eigenvalue weighted by molar-refractivity contribution is 0.0495. The smallest absolute Gasteiger partial charge is 0.407 e. The molecule has 2 aliphatic rings. The Morgan fingerprint density at radius 2 is 2.00 bits per heavy atom. The molecule has 0 bridgehead atoms. The standard InChI is InChI=1S/C25H35ClN6O2S/c1-24(2,3)34-23(33)30-16-25(4)8-10-32(11-9-25)20-14-29-21(15-28-20)35-19-7-5-6-18(22(19)26)31-17-12-27-13-17/h5-7,14-15,17,27,31H,8-13,16H2,1-4H3,(H,30,33). The average Bonchev–Trinajstić information content (AvgIpc) is 2.77. The summed E-state index contributed by atoms with van der Waals surface area (Å²) in [6.07, 6.45) is 5.19. The number of carbonyl (C=O) groups excluding carboxylic acids is 1.